The van der Waals surface area contributed by atoms with Crippen LogP contribution in [0.5, 0.6) is 0 Å². The van der Waals surface area contributed by atoms with Gasteiger partial charge in [-0.25, -0.2) is 0 Å². The highest BCUT2D eigenvalue weighted by Gasteiger charge is 2.22. The third-order valence-corrected chi connectivity index (χ3v) is 4.75. The normalized spacial score (nSPS) is 17.7. The summed E-state index contributed by atoms with van der Waals surface area (Å²) in [5, 5.41) is 16.2. The number of nitrogens with one attached hydrogen (secondary N) is 2. The van der Waals surface area contributed by atoms with Crippen LogP contribution in [0.1, 0.15) is 19.8 Å². The zero-order valence-electron chi connectivity index (χ0n) is 13.9. The van der Waals surface area contributed by atoms with Gasteiger partial charge >= 0.3 is 0 Å². The summed E-state index contributed by atoms with van der Waals surface area (Å²) in [4.78, 5) is 34.7. The topological polar surface area (TPSA) is 111 Å². The Bertz CT molecular complexity index is 634. The summed E-state index contributed by atoms with van der Waals surface area (Å²) in [6, 6.07) is 5.45. The Hall–Kier alpha value is -2.13. The molecule has 2 N–H and O–H groups in total. The third kappa shape index (κ3) is 6.35. The fraction of sp³-hybridized carbons (Fsp3) is 0.500. The smallest absolute Gasteiger partial charge is 0.270 e. The third-order valence-electron chi connectivity index (χ3n) is 3.67. The Balaban J connectivity index is 1.92. The molecule has 136 valence electrons. The van der Waals surface area contributed by atoms with E-state index in [1.165, 1.54) is 30.8 Å². The number of nitro groups is 1. The zero-order valence-corrected chi connectivity index (χ0v) is 14.7. The minimum Gasteiger partial charge on any atom is -0.376 e. The van der Waals surface area contributed by atoms with Crippen LogP contribution in [-0.2, 0) is 14.3 Å². The summed E-state index contributed by atoms with van der Waals surface area (Å²) in [5.74, 6) is -0.321. The maximum absolute atomic E-state index is 12.3. The van der Waals surface area contributed by atoms with Crippen molar-refractivity contribution in [3.05, 3.63) is 34.4 Å². The molecule has 2 rings (SSSR count). The van der Waals surface area contributed by atoms with Gasteiger partial charge in [-0.1, -0.05) is 6.07 Å². The molecule has 2 amide bonds. The molecule has 9 heteroatoms. The van der Waals surface area contributed by atoms with Crippen LogP contribution in [0.3, 0.4) is 0 Å². The van der Waals surface area contributed by atoms with E-state index in [0.29, 0.717) is 18.0 Å². The predicted octanol–water partition coefficient (Wildman–Crippen LogP) is 1.49. The number of carbonyl (C=O) groups excluding carboxylic acids is 2. The number of hydrogen-bond acceptors (Lipinski definition) is 6. The fourth-order valence-corrected chi connectivity index (χ4v) is 3.41. The minimum absolute atomic E-state index is 0.0103. The molecule has 1 fully saturated rings. The van der Waals surface area contributed by atoms with E-state index in [0.717, 1.165) is 12.8 Å². The van der Waals surface area contributed by atoms with Crippen molar-refractivity contribution in [2.24, 2.45) is 0 Å². The van der Waals surface area contributed by atoms with Gasteiger partial charge in [0.1, 0.15) is 6.04 Å². The number of rotatable bonds is 8. The van der Waals surface area contributed by atoms with Gasteiger partial charge in [0.2, 0.25) is 11.8 Å². The van der Waals surface area contributed by atoms with Crippen LogP contribution < -0.4 is 10.6 Å². The number of non-ortho nitro benzene ring substituents is 1. The predicted molar refractivity (Wildman–Crippen MR) is 93.4 cm³/mol. The van der Waals surface area contributed by atoms with Crippen LogP contribution in [0.2, 0.25) is 0 Å². The zero-order chi connectivity index (χ0) is 18.2. The van der Waals surface area contributed by atoms with Gasteiger partial charge in [0.15, 0.2) is 0 Å². The average Bonchev–Trinajstić information content (AvgIpc) is 3.10. The maximum atomic E-state index is 12.3. The number of hydrogen-bond donors (Lipinski definition) is 2. The van der Waals surface area contributed by atoms with Crippen molar-refractivity contribution >= 4 is 29.3 Å². The molecular weight excluding hydrogens is 346 g/mol. The van der Waals surface area contributed by atoms with Crippen molar-refractivity contribution in [1.29, 1.82) is 0 Å². The number of amides is 2. The number of nitrogens with zero attached hydrogens (tertiary/aromatic N) is 1. The lowest BCUT2D eigenvalue weighted by molar-refractivity contribution is -0.385. The van der Waals surface area contributed by atoms with Crippen LogP contribution in [-0.4, -0.2) is 47.8 Å². The monoisotopic (exact) mass is 367 g/mol. The molecule has 0 aliphatic carbocycles. The van der Waals surface area contributed by atoms with Crippen LogP contribution in [0.4, 0.5) is 5.69 Å². The molecule has 1 aliphatic rings. The molecule has 1 aromatic carbocycles. The van der Waals surface area contributed by atoms with Gasteiger partial charge in [-0.3, -0.25) is 19.7 Å². The number of thioether (sulfide) groups is 1. The molecule has 0 spiro atoms. The summed E-state index contributed by atoms with van der Waals surface area (Å²) in [7, 11) is 0. The van der Waals surface area contributed by atoms with Crippen molar-refractivity contribution in [2.75, 3.05) is 18.9 Å². The number of ether oxygens (including phenoxy) is 1. The lowest BCUT2D eigenvalue weighted by Gasteiger charge is -2.18. The van der Waals surface area contributed by atoms with Gasteiger partial charge in [-0.2, -0.15) is 0 Å². The SMILES string of the molecule is CC(=O)NC(CSc1cccc([N+](=O)[O-])c1)C(=O)NCC1CCCO1. The highest BCUT2D eigenvalue weighted by atomic mass is 32.2. The quantitative estimate of drug-likeness (QED) is 0.409. The fourth-order valence-electron chi connectivity index (χ4n) is 2.44. The lowest BCUT2D eigenvalue weighted by Crippen LogP contribution is -2.49. The maximum Gasteiger partial charge on any atom is 0.270 e. The summed E-state index contributed by atoms with van der Waals surface area (Å²) in [6.07, 6.45) is 1.91. The molecule has 8 nitrogen and oxygen atoms in total. The van der Waals surface area contributed by atoms with Gasteiger partial charge in [0.25, 0.3) is 5.69 Å². The largest absolute Gasteiger partial charge is 0.376 e. The van der Waals surface area contributed by atoms with E-state index in [1.54, 1.807) is 12.1 Å². The molecule has 1 saturated heterocycles. The molecule has 2 unspecified atom stereocenters. The second kappa shape index (κ2) is 9.38. The first-order valence-electron chi connectivity index (χ1n) is 7.99. The Morgan fingerprint density at radius 2 is 2.28 bits per heavy atom. The molecule has 1 heterocycles. The average molecular weight is 367 g/mol. The molecule has 0 bridgehead atoms. The molecule has 0 radical (unpaired) electrons. The highest BCUT2D eigenvalue weighted by molar-refractivity contribution is 7.99. The van der Waals surface area contributed by atoms with Gasteiger partial charge in [-0.15, -0.1) is 11.8 Å². The first-order valence-corrected chi connectivity index (χ1v) is 8.98. The van der Waals surface area contributed by atoms with Crippen molar-refractivity contribution in [1.82, 2.24) is 10.6 Å². The van der Waals surface area contributed by atoms with Gasteiger partial charge in [-0.05, 0) is 18.9 Å². The second-order valence-corrected chi connectivity index (χ2v) is 6.79. The summed E-state index contributed by atoms with van der Waals surface area (Å²) >= 11 is 1.28. The van der Waals surface area contributed by atoms with Crippen molar-refractivity contribution in [3.63, 3.8) is 0 Å². The minimum atomic E-state index is -0.719. The second-order valence-electron chi connectivity index (χ2n) is 5.70. The Labute approximate surface area is 149 Å². The molecule has 1 aromatic rings. The first-order chi connectivity index (χ1) is 12.0. The molecular formula is C16H21N3O5S. The van der Waals surface area contributed by atoms with E-state index in [9.17, 15) is 19.7 Å². The van der Waals surface area contributed by atoms with Crippen LogP contribution in [0.15, 0.2) is 29.2 Å². The molecule has 1 aliphatic heterocycles. The number of carbonyl (C=O) groups is 2. The van der Waals surface area contributed by atoms with E-state index >= 15 is 0 Å². The van der Waals surface area contributed by atoms with Crippen LogP contribution in [0, 0.1) is 10.1 Å². The summed E-state index contributed by atoms with van der Waals surface area (Å²) in [5.41, 5.74) is -0.0103. The molecule has 2 atom stereocenters. The molecule has 0 aromatic heterocycles. The van der Waals surface area contributed by atoms with Crippen LogP contribution >= 0.6 is 11.8 Å². The van der Waals surface area contributed by atoms with Crippen molar-refractivity contribution in [3.8, 4) is 0 Å². The first kappa shape index (κ1) is 19.2. The Kier molecular flexibility index (Phi) is 7.20. The summed E-state index contributed by atoms with van der Waals surface area (Å²) in [6.45, 7) is 2.47. The van der Waals surface area contributed by atoms with Crippen molar-refractivity contribution in [2.45, 2.75) is 36.8 Å². The van der Waals surface area contributed by atoms with Crippen LogP contribution in [0.25, 0.3) is 0 Å². The molecule has 0 saturated carbocycles. The lowest BCUT2D eigenvalue weighted by atomic mass is 10.2. The highest BCUT2D eigenvalue weighted by Crippen LogP contribution is 2.23. The van der Waals surface area contributed by atoms with Gasteiger partial charge in [0, 0.05) is 42.9 Å². The van der Waals surface area contributed by atoms with E-state index in [-0.39, 0.29) is 29.4 Å². The summed E-state index contributed by atoms with van der Waals surface area (Å²) < 4.78 is 5.46. The van der Waals surface area contributed by atoms with E-state index in [2.05, 4.69) is 10.6 Å². The van der Waals surface area contributed by atoms with E-state index in [4.69, 9.17) is 4.74 Å². The standard InChI is InChI=1S/C16H21N3O5S/c1-11(20)18-15(16(21)17-9-13-5-3-7-24-13)10-25-14-6-2-4-12(8-14)19(22)23/h2,4,6,8,13,15H,3,5,7,9-10H2,1H3,(H,17,21)(H,18,20). The van der Waals surface area contributed by atoms with Crippen molar-refractivity contribution < 1.29 is 19.2 Å². The Morgan fingerprint density at radius 3 is 2.92 bits per heavy atom. The van der Waals surface area contributed by atoms with E-state index in [1.807, 2.05) is 0 Å². The molecule has 25 heavy (non-hydrogen) atoms. The number of nitro benzene ring substituents is 1. The van der Waals surface area contributed by atoms with Gasteiger partial charge < -0.3 is 15.4 Å². The van der Waals surface area contributed by atoms with Gasteiger partial charge in [0.05, 0.1) is 11.0 Å². The number of benzene rings is 1. The Morgan fingerprint density at radius 1 is 1.48 bits per heavy atom. The van der Waals surface area contributed by atoms with E-state index < -0.39 is 11.0 Å².